The molecule has 0 heterocycles. The van der Waals surface area contributed by atoms with Gasteiger partial charge in [0, 0.05) is 5.69 Å². The van der Waals surface area contributed by atoms with Gasteiger partial charge in [0.1, 0.15) is 6.07 Å². The average molecular weight is 398 g/mol. The first-order valence-corrected chi connectivity index (χ1v) is 8.11. The minimum absolute atomic E-state index is 0.0349. The van der Waals surface area contributed by atoms with Gasteiger partial charge in [-0.3, -0.25) is 9.59 Å². The molecule has 0 unspecified atom stereocenters. The fourth-order valence-electron chi connectivity index (χ4n) is 1.89. The number of hydrogen-bond donors (Lipinski definition) is 1. The topological polar surface area (TPSA) is 79.2 Å². The third kappa shape index (κ3) is 5.64. The zero-order valence-electron chi connectivity index (χ0n) is 12.7. The quantitative estimate of drug-likeness (QED) is 0.765. The summed E-state index contributed by atoms with van der Waals surface area (Å²) in [4.78, 5) is 23.6. The second kappa shape index (κ2) is 8.72. The van der Waals surface area contributed by atoms with Crippen molar-refractivity contribution < 1.29 is 14.3 Å². The van der Waals surface area contributed by atoms with Crippen LogP contribution in [0.2, 0.25) is 15.1 Å². The second-order valence-corrected chi connectivity index (χ2v) is 6.16. The van der Waals surface area contributed by atoms with Crippen molar-refractivity contribution in [2.75, 3.05) is 11.9 Å². The highest BCUT2D eigenvalue weighted by molar-refractivity contribution is 6.42. The molecule has 0 saturated heterocycles. The Morgan fingerprint density at radius 1 is 1.04 bits per heavy atom. The summed E-state index contributed by atoms with van der Waals surface area (Å²) in [6, 6.07) is 11.1. The normalized spacial score (nSPS) is 10.0. The van der Waals surface area contributed by atoms with Crippen LogP contribution in [0.5, 0.6) is 0 Å². The monoisotopic (exact) mass is 396 g/mol. The maximum Gasteiger partial charge on any atom is 0.310 e. The lowest BCUT2D eigenvalue weighted by Gasteiger charge is -2.08. The first-order valence-electron chi connectivity index (χ1n) is 6.98. The maximum atomic E-state index is 11.8. The molecule has 0 atom stereocenters. The van der Waals surface area contributed by atoms with Crippen LogP contribution < -0.4 is 5.32 Å². The van der Waals surface area contributed by atoms with Crippen molar-refractivity contribution in [3.05, 3.63) is 62.6 Å². The number of rotatable bonds is 5. The van der Waals surface area contributed by atoms with E-state index in [9.17, 15) is 9.59 Å². The number of nitrogens with one attached hydrogen (secondary N) is 1. The number of anilines is 1. The van der Waals surface area contributed by atoms with Gasteiger partial charge in [0.25, 0.3) is 5.91 Å². The summed E-state index contributed by atoms with van der Waals surface area (Å²) < 4.78 is 4.91. The van der Waals surface area contributed by atoms with Gasteiger partial charge in [0.15, 0.2) is 6.61 Å². The van der Waals surface area contributed by atoms with Gasteiger partial charge in [-0.05, 0) is 35.9 Å². The molecular weight excluding hydrogens is 387 g/mol. The summed E-state index contributed by atoms with van der Waals surface area (Å²) in [5.41, 5.74) is 1.32. The van der Waals surface area contributed by atoms with Crippen LogP contribution in [-0.2, 0) is 20.7 Å². The smallest absolute Gasteiger partial charge is 0.310 e. The molecule has 0 aromatic heterocycles. The summed E-state index contributed by atoms with van der Waals surface area (Å²) >= 11 is 17.5. The molecule has 0 aliphatic carbocycles. The lowest BCUT2D eigenvalue weighted by molar-refractivity contribution is -0.146. The lowest BCUT2D eigenvalue weighted by Crippen LogP contribution is -2.21. The molecule has 2 aromatic rings. The number of hydrogen-bond acceptors (Lipinski definition) is 4. The molecule has 25 heavy (non-hydrogen) atoms. The van der Waals surface area contributed by atoms with Crippen LogP contribution >= 0.6 is 34.8 Å². The lowest BCUT2D eigenvalue weighted by atomic mass is 10.1. The molecule has 2 aromatic carbocycles. The molecule has 0 radical (unpaired) electrons. The van der Waals surface area contributed by atoms with Crippen LogP contribution in [0.4, 0.5) is 5.69 Å². The fourth-order valence-corrected chi connectivity index (χ4v) is 2.44. The summed E-state index contributed by atoms with van der Waals surface area (Å²) in [5.74, 6) is -1.10. The standard InChI is InChI=1S/C17H11Cl3N2O3/c18-13-4-1-10(5-15(13)20)6-17(24)25-9-16(23)22-12-3-2-11(8-21)14(19)7-12/h1-5,7H,6,9H2,(H,22,23). The SMILES string of the molecule is N#Cc1ccc(NC(=O)COC(=O)Cc2ccc(Cl)c(Cl)c2)cc1Cl. The van der Waals surface area contributed by atoms with Gasteiger partial charge in [0.05, 0.1) is 27.1 Å². The minimum Gasteiger partial charge on any atom is -0.455 e. The van der Waals surface area contributed by atoms with Crippen LogP contribution in [0.25, 0.3) is 0 Å². The van der Waals surface area contributed by atoms with E-state index in [2.05, 4.69) is 5.32 Å². The number of nitrogens with zero attached hydrogens (tertiary/aromatic N) is 1. The number of carbonyl (C=O) groups is 2. The predicted octanol–water partition coefficient (Wildman–Crippen LogP) is 4.24. The number of benzene rings is 2. The summed E-state index contributed by atoms with van der Waals surface area (Å²) in [5, 5.41) is 12.3. The number of esters is 1. The highest BCUT2D eigenvalue weighted by atomic mass is 35.5. The van der Waals surface area contributed by atoms with Gasteiger partial charge in [-0.1, -0.05) is 40.9 Å². The first-order chi connectivity index (χ1) is 11.9. The van der Waals surface area contributed by atoms with Crippen molar-refractivity contribution >= 4 is 52.4 Å². The molecule has 5 nitrogen and oxygen atoms in total. The minimum atomic E-state index is -0.577. The van der Waals surface area contributed by atoms with E-state index >= 15 is 0 Å². The largest absolute Gasteiger partial charge is 0.455 e. The molecule has 2 rings (SSSR count). The third-order valence-corrected chi connectivity index (χ3v) is 4.12. The van der Waals surface area contributed by atoms with Crippen molar-refractivity contribution in [2.45, 2.75) is 6.42 Å². The average Bonchev–Trinajstić information content (AvgIpc) is 2.56. The van der Waals surface area contributed by atoms with Crippen LogP contribution in [0.15, 0.2) is 36.4 Å². The van der Waals surface area contributed by atoms with Crippen molar-refractivity contribution in [1.29, 1.82) is 5.26 Å². The Hall–Kier alpha value is -2.26. The van der Waals surface area contributed by atoms with Gasteiger partial charge >= 0.3 is 5.97 Å². The molecule has 128 valence electrons. The van der Waals surface area contributed by atoms with Crippen LogP contribution in [0.3, 0.4) is 0 Å². The summed E-state index contributed by atoms with van der Waals surface area (Å²) in [6.07, 6.45) is -0.0349. The Labute approximate surface area is 159 Å². The number of carbonyl (C=O) groups excluding carboxylic acids is 2. The van der Waals surface area contributed by atoms with Crippen molar-refractivity contribution in [1.82, 2.24) is 0 Å². The van der Waals surface area contributed by atoms with Crippen LogP contribution in [0, 0.1) is 11.3 Å². The van der Waals surface area contributed by atoms with Crippen molar-refractivity contribution in [3.63, 3.8) is 0 Å². The Kier molecular flexibility index (Phi) is 6.65. The van der Waals surface area contributed by atoms with Gasteiger partial charge < -0.3 is 10.1 Å². The van der Waals surface area contributed by atoms with E-state index in [0.29, 0.717) is 26.9 Å². The van der Waals surface area contributed by atoms with Crippen LogP contribution in [-0.4, -0.2) is 18.5 Å². The predicted molar refractivity (Wildman–Crippen MR) is 95.9 cm³/mol. The highest BCUT2D eigenvalue weighted by Gasteiger charge is 2.11. The highest BCUT2D eigenvalue weighted by Crippen LogP contribution is 2.23. The van der Waals surface area contributed by atoms with E-state index in [1.807, 2.05) is 6.07 Å². The molecule has 1 amide bonds. The van der Waals surface area contributed by atoms with Gasteiger partial charge in [-0.25, -0.2) is 0 Å². The molecule has 8 heteroatoms. The van der Waals surface area contributed by atoms with E-state index in [0.717, 1.165) is 0 Å². The van der Waals surface area contributed by atoms with E-state index in [1.54, 1.807) is 18.2 Å². The first kappa shape index (κ1) is 19.1. The molecule has 0 saturated carbocycles. The number of nitriles is 1. The summed E-state index contributed by atoms with van der Waals surface area (Å²) in [7, 11) is 0. The van der Waals surface area contributed by atoms with Gasteiger partial charge in [0.2, 0.25) is 0 Å². The fraction of sp³-hybridized carbons (Fsp3) is 0.118. The van der Waals surface area contributed by atoms with E-state index in [-0.39, 0.29) is 11.4 Å². The van der Waals surface area contributed by atoms with Gasteiger partial charge in [-0.2, -0.15) is 5.26 Å². The van der Waals surface area contributed by atoms with Crippen molar-refractivity contribution in [2.24, 2.45) is 0 Å². The molecule has 0 fully saturated rings. The summed E-state index contributed by atoms with van der Waals surface area (Å²) in [6.45, 7) is -0.447. The Morgan fingerprint density at radius 3 is 2.44 bits per heavy atom. The Balaban J connectivity index is 1.85. The molecule has 0 bridgehead atoms. The van der Waals surface area contributed by atoms with Crippen molar-refractivity contribution in [3.8, 4) is 6.07 Å². The number of halogens is 3. The zero-order valence-corrected chi connectivity index (χ0v) is 15.0. The maximum absolute atomic E-state index is 11.8. The second-order valence-electron chi connectivity index (χ2n) is 4.94. The number of ether oxygens (including phenoxy) is 1. The molecule has 1 N–H and O–H groups in total. The van der Waals surface area contributed by atoms with E-state index < -0.39 is 18.5 Å². The number of amides is 1. The zero-order chi connectivity index (χ0) is 18.4. The Bertz CT molecular complexity index is 863. The molecule has 0 aliphatic rings. The molecule has 0 spiro atoms. The third-order valence-electron chi connectivity index (χ3n) is 3.07. The van der Waals surface area contributed by atoms with Gasteiger partial charge in [-0.15, -0.1) is 0 Å². The van der Waals surface area contributed by atoms with E-state index in [1.165, 1.54) is 18.2 Å². The molecule has 0 aliphatic heterocycles. The van der Waals surface area contributed by atoms with Crippen LogP contribution in [0.1, 0.15) is 11.1 Å². The van der Waals surface area contributed by atoms with E-state index in [4.69, 9.17) is 44.8 Å². The molecular formula is C17H11Cl3N2O3. The Morgan fingerprint density at radius 2 is 1.80 bits per heavy atom.